The second kappa shape index (κ2) is 4.18. The lowest BCUT2D eigenvalue weighted by Gasteiger charge is -2.25. The molecule has 0 saturated carbocycles. The van der Waals surface area contributed by atoms with Crippen LogP contribution in [0.1, 0.15) is 19.0 Å². The van der Waals surface area contributed by atoms with Gasteiger partial charge in [0.2, 0.25) is 0 Å². The molecule has 2 N–H and O–H groups in total. The number of anilines is 1. The van der Waals surface area contributed by atoms with Gasteiger partial charge in [0, 0.05) is 12.1 Å². The SMILES string of the molecule is CC1(Nc2cccc(C(F)(F)F)n2)CCNC1. The van der Waals surface area contributed by atoms with E-state index in [9.17, 15) is 13.2 Å². The van der Waals surface area contributed by atoms with Crippen LogP contribution < -0.4 is 10.6 Å². The fourth-order valence-corrected chi connectivity index (χ4v) is 1.90. The first kappa shape index (κ1) is 12.2. The summed E-state index contributed by atoms with van der Waals surface area (Å²) in [6.45, 7) is 3.56. The van der Waals surface area contributed by atoms with Gasteiger partial charge in [-0.15, -0.1) is 0 Å². The predicted molar refractivity (Wildman–Crippen MR) is 58.8 cm³/mol. The van der Waals surface area contributed by atoms with Crippen molar-refractivity contribution in [3.63, 3.8) is 0 Å². The summed E-state index contributed by atoms with van der Waals surface area (Å²) in [6, 6.07) is 3.89. The van der Waals surface area contributed by atoms with Crippen molar-refractivity contribution in [3.05, 3.63) is 23.9 Å². The predicted octanol–water partition coefficient (Wildman–Crippen LogP) is 2.26. The highest BCUT2D eigenvalue weighted by atomic mass is 19.4. The number of aromatic nitrogens is 1. The van der Waals surface area contributed by atoms with E-state index in [4.69, 9.17) is 0 Å². The number of hydrogen-bond acceptors (Lipinski definition) is 3. The molecule has 1 aliphatic heterocycles. The van der Waals surface area contributed by atoms with E-state index < -0.39 is 11.9 Å². The normalized spacial score (nSPS) is 24.9. The van der Waals surface area contributed by atoms with Crippen LogP contribution in [0.4, 0.5) is 19.0 Å². The lowest BCUT2D eigenvalue weighted by atomic mass is 10.0. The standard InChI is InChI=1S/C11H14F3N3/c1-10(5-6-15-7-10)17-9-4-2-3-8(16-9)11(12,13)14/h2-4,15H,5-7H2,1H3,(H,16,17). The monoisotopic (exact) mass is 245 g/mol. The Balaban J connectivity index is 2.17. The molecule has 0 spiro atoms. The minimum atomic E-state index is -4.40. The average Bonchev–Trinajstić information content (AvgIpc) is 2.64. The largest absolute Gasteiger partial charge is 0.433 e. The number of rotatable bonds is 2. The highest BCUT2D eigenvalue weighted by molar-refractivity contribution is 5.39. The summed E-state index contributed by atoms with van der Waals surface area (Å²) in [4.78, 5) is 3.59. The zero-order chi connectivity index (χ0) is 12.5. The summed E-state index contributed by atoms with van der Waals surface area (Å²) in [6.07, 6.45) is -3.53. The Hall–Kier alpha value is -1.30. The van der Waals surface area contributed by atoms with Crippen LogP contribution >= 0.6 is 0 Å². The van der Waals surface area contributed by atoms with Crippen LogP contribution in [0.5, 0.6) is 0 Å². The number of pyridine rings is 1. The second-order valence-electron chi connectivity index (χ2n) is 4.52. The Morgan fingerprint density at radius 2 is 2.18 bits per heavy atom. The molecule has 1 aliphatic rings. The fourth-order valence-electron chi connectivity index (χ4n) is 1.90. The van der Waals surface area contributed by atoms with Crippen LogP contribution in [-0.2, 0) is 6.18 Å². The molecule has 0 aliphatic carbocycles. The first-order valence-electron chi connectivity index (χ1n) is 5.42. The molecule has 0 amide bonds. The Labute approximate surface area is 97.4 Å². The van der Waals surface area contributed by atoms with E-state index in [1.54, 1.807) is 6.07 Å². The molecule has 0 radical (unpaired) electrons. The number of nitrogens with one attached hydrogen (secondary N) is 2. The van der Waals surface area contributed by atoms with Gasteiger partial charge in [-0.1, -0.05) is 6.07 Å². The summed E-state index contributed by atoms with van der Waals surface area (Å²) in [5.74, 6) is 0.269. The molecule has 1 fully saturated rings. The minimum absolute atomic E-state index is 0.225. The minimum Gasteiger partial charge on any atom is -0.364 e. The van der Waals surface area contributed by atoms with Crippen molar-refractivity contribution in [3.8, 4) is 0 Å². The molecule has 1 aromatic rings. The molecular formula is C11H14F3N3. The van der Waals surface area contributed by atoms with E-state index >= 15 is 0 Å². The van der Waals surface area contributed by atoms with Crippen LogP contribution in [0.3, 0.4) is 0 Å². The third-order valence-corrected chi connectivity index (χ3v) is 2.84. The summed E-state index contributed by atoms with van der Waals surface area (Å²) in [7, 11) is 0. The van der Waals surface area contributed by atoms with Crippen LogP contribution in [0.15, 0.2) is 18.2 Å². The van der Waals surface area contributed by atoms with E-state index in [0.29, 0.717) is 0 Å². The molecular weight excluding hydrogens is 231 g/mol. The maximum atomic E-state index is 12.5. The molecule has 0 bridgehead atoms. The molecule has 3 nitrogen and oxygen atoms in total. The van der Waals surface area contributed by atoms with Gasteiger partial charge in [-0.3, -0.25) is 0 Å². The number of nitrogens with zero attached hydrogens (tertiary/aromatic N) is 1. The maximum absolute atomic E-state index is 12.5. The lowest BCUT2D eigenvalue weighted by Crippen LogP contribution is -2.37. The molecule has 1 aromatic heterocycles. The van der Waals surface area contributed by atoms with Crippen molar-refractivity contribution >= 4 is 5.82 Å². The van der Waals surface area contributed by atoms with Crippen LogP contribution in [0.2, 0.25) is 0 Å². The molecule has 17 heavy (non-hydrogen) atoms. The Kier molecular flexibility index (Phi) is 2.99. The third-order valence-electron chi connectivity index (χ3n) is 2.84. The first-order valence-corrected chi connectivity index (χ1v) is 5.42. The highest BCUT2D eigenvalue weighted by Crippen LogP contribution is 2.29. The molecule has 2 heterocycles. The molecule has 1 saturated heterocycles. The summed E-state index contributed by atoms with van der Waals surface area (Å²) < 4.78 is 37.4. The number of hydrogen-bond donors (Lipinski definition) is 2. The van der Waals surface area contributed by atoms with Gasteiger partial charge in [0.05, 0.1) is 0 Å². The Morgan fingerprint density at radius 3 is 2.76 bits per heavy atom. The Morgan fingerprint density at radius 1 is 1.41 bits per heavy atom. The van der Waals surface area contributed by atoms with Crippen molar-refractivity contribution < 1.29 is 13.2 Å². The topological polar surface area (TPSA) is 37.0 Å². The van der Waals surface area contributed by atoms with Gasteiger partial charge < -0.3 is 10.6 Å². The van der Waals surface area contributed by atoms with Gasteiger partial charge in [0.1, 0.15) is 11.5 Å². The smallest absolute Gasteiger partial charge is 0.364 e. The Bertz CT molecular complexity index is 397. The van der Waals surface area contributed by atoms with Crippen molar-refractivity contribution in [1.82, 2.24) is 10.3 Å². The van der Waals surface area contributed by atoms with E-state index in [1.165, 1.54) is 6.07 Å². The van der Waals surface area contributed by atoms with Crippen molar-refractivity contribution in [2.75, 3.05) is 18.4 Å². The quantitative estimate of drug-likeness (QED) is 0.839. The third kappa shape index (κ3) is 2.88. The van der Waals surface area contributed by atoms with Crippen molar-refractivity contribution in [2.24, 2.45) is 0 Å². The number of alkyl halides is 3. The van der Waals surface area contributed by atoms with Crippen LogP contribution in [-0.4, -0.2) is 23.6 Å². The van der Waals surface area contributed by atoms with E-state index in [0.717, 1.165) is 25.6 Å². The van der Waals surface area contributed by atoms with E-state index in [1.807, 2.05) is 6.92 Å². The van der Waals surface area contributed by atoms with Gasteiger partial charge in [0.15, 0.2) is 0 Å². The van der Waals surface area contributed by atoms with E-state index in [2.05, 4.69) is 15.6 Å². The molecule has 1 atom stereocenters. The van der Waals surface area contributed by atoms with Gasteiger partial charge in [-0.2, -0.15) is 13.2 Å². The maximum Gasteiger partial charge on any atom is 0.433 e. The first-order chi connectivity index (χ1) is 7.89. The van der Waals surface area contributed by atoms with E-state index in [-0.39, 0.29) is 11.4 Å². The average molecular weight is 245 g/mol. The van der Waals surface area contributed by atoms with Crippen molar-refractivity contribution in [1.29, 1.82) is 0 Å². The lowest BCUT2D eigenvalue weighted by molar-refractivity contribution is -0.141. The molecule has 6 heteroatoms. The summed E-state index contributed by atoms with van der Waals surface area (Å²) in [5, 5.41) is 6.22. The molecule has 94 valence electrons. The zero-order valence-corrected chi connectivity index (χ0v) is 9.43. The van der Waals surface area contributed by atoms with Gasteiger partial charge >= 0.3 is 6.18 Å². The summed E-state index contributed by atoms with van der Waals surface area (Å²) in [5.41, 5.74) is -1.09. The number of halogens is 3. The highest BCUT2D eigenvalue weighted by Gasteiger charge is 2.33. The van der Waals surface area contributed by atoms with Crippen LogP contribution in [0.25, 0.3) is 0 Å². The summed E-state index contributed by atoms with van der Waals surface area (Å²) >= 11 is 0. The van der Waals surface area contributed by atoms with Crippen molar-refractivity contribution in [2.45, 2.75) is 25.1 Å². The van der Waals surface area contributed by atoms with Gasteiger partial charge in [-0.05, 0) is 32.0 Å². The van der Waals surface area contributed by atoms with Crippen LogP contribution in [0, 0.1) is 0 Å². The second-order valence-corrected chi connectivity index (χ2v) is 4.52. The zero-order valence-electron chi connectivity index (χ0n) is 9.43. The fraction of sp³-hybridized carbons (Fsp3) is 0.545. The molecule has 2 rings (SSSR count). The van der Waals surface area contributed by atoms with Gasteiger partial charge in [0.25, 0.3) is 0 Å². The van der Waals surface area contributed by atoms with Gasteiger partial charge in [-0.25, -0.2) is 4.98 Å². The molecule has 0 aromatic carbocycles. The molecule has 1 unspecified atom stereocenters.